The molecule has 1 aliphatic heterocycles. The molecule has 0 saturated carbocycles. The van der Waals surface area contributed by atoms with Crippen LogP contribution in [0.1, 0.15) is 25.3 Å². The number of amides is 2. The molecule has 2 amide bonds. The largest absolute Gasteiger partial charge is 0.398 e. The zero-order chi connectivity index (χ0) is 13.1. The summed E-state index contributed by atoms with van der Waals surface area (Å²) in [4.78, 5) is 14.0. The van der Waals surface area contributed by atoms with Gasteiger partial charge in [-0.25, -0.2) is 4.79 Å². The molecule has 4 heteroatoms. The molecule has 2 rings (SSSR count). The number of nitrogens with zero attached hydrogens (tertiary/aromatic N) is 1. The lowest BCUT2D eigenvalue weighted by atomic mass is 10.0. The number of nitrogens with two attached hydrogens (primary N) is 1. The lowest BCUT2D eigenvalue weighted by Crippen LogP contribution is -2.41. The van der Waals surface area contributed by atoms with Crippen LogP contribution in [0.25, 0.3) is 0 Å². The lowest BCUT2D eigenvalue weighted by Gasteiger charge is -2.31. The standard InChI is InChI=1S/C14H21N3O/c1-10-5-4-8-17(9-10)14(18)16-13-7-3-6-12(15)11(13)2/h3,6-7,10H,4-5,8-9,15H2,1-2H3,(H,16,18). The summed E-state index contributed by atoms with van der Waals surface area (Å²) >= 11 is 0. The van der Waals surface area contributed by atoms with Crippen LogP contribution in [0.3, 0.4) is 0 Å². The number of rotatable bonds is 1. The molecule has 0 radical (unpaired) electrons. The fourth-order valence-electron chi connectivity index (χ4n) is 2.36. The van der Waals surface area contributed by atoms with Crippen LogP contribution in [0.15, 0.2) is 18.2 Å². The van der Waals surface area contributed by atoms with E-state index in [2.05, 4.69) is 12.2 Å². The first kappa shape index (κ1) is 12.7. The zero-order valence-corrected chi connectivity index (χ0v) is 11.1. The molecule has 0 aromatic heterocycles. The Balaban J connectivity index is 2.04. The van der Waals surface area contributed by atoms with E-state index in [1.54, 1.807) is 0 Å². The van der Waals surface area contributed by atoms with Crippen molar-refractivity contribution in [3.8, 4) is 0 Å². The summed E-state index contributed by atoms with van der Waals surface area (Å²) in [5.41, 5.74) is 8.27. The van der Waals surface area contributed by atoms with Crippen molar-refractivity contribution in [3.63, 3.8) is 0 Å². The van der Waals surface area contributed by atoms with Gasteiger partial charge in [0.25, 0.3) is 0 Å². The smallest absolute Gasteiger partial charge is 0.321 e. The molecule has 3 N–H and O–H groups in total. The predicted octanol–water partition coefficient (Wildman–Crippen LogP) is 2.84. The summed E-state index contributed by atoms with van der Waals surface area (Å²) in [6.45, 7) is 5.79. The summed E-state index contributed by atoms with van der Waals surface area (Å²) < 4.78 is 0. The fraction of sp³-hybridized carbons (Fsp3) is 0.500. The summed E-state index contributed by atoms with van der Waals surface area (Å²) in [6, 6.07) is 5.57. The van der Waals surface area contributed by atoms with Gasteiger partial charge in [0.2, 0.25) is 0 Å². The Morgan fingerprint density at radius 2 is 2.28 bits per heavy atom. The Morgan fingerprint density at radius 1 is 1.50 bits per heavy atom. The minimum atomic E-state index is -0.0183. The number of likely N-dealkylation sites (tertiary alicyclic amines) is 1. The van der Waals surface area contributed by atoms with E-state index in [0.717, 1.165) is 30.8 Å². The first-order valence-corrected chi connectivity index (χ1v) is 6.49. The van der Waals surface area contributed by atoms with Crippen LogP contribution in [0.2, 0.25) is 0 Å². The van der Waals surface area contributed by atoms with E-state index < -0.39 is 0 Å². The SMILES string of the molecule is Cc1c(N)cccc1NC(=O)N1CCCC(C)C1. The number of carbonyl (C=O) groups is 1. The van der Waals surface area contributed by atoms with Gasteiger partial charge in [-0.3, -0.25) is 0 Å². The Hall–Kier alpha value is -1.71. The highest BCUT2D eigenvalue weighted by atomic mass is 16.2. The van der Waals surface area contributed by atoms with Crippen molar-refractivity contribution in [2.75, 3.05) is 24.1 Å². The third kappa shape index (κ3) is 2.75. The van der Waals surface area contributed by atoms with E-state index in [9.17, 15) is 4.79 Å². The van der Waals surface area contributed by atoms with Gasteiger partial charge in [0.1, 0.15) is 0 Å². The zero-order valence-electron chi connectivity index (χ0n) is 11.1. The maximum Gasteiger partial charge on any atom is 0.321 e. The van der Waals surface area contributed by atoms with Crippen molar-refractivity contribution in [2.24, 2.45) is 5.92 Å². The van der Waals surface area contributed by atoms with Crippen molar-refractivity contribution in [1.82, 2.24) is 4.90 Å². The summed E-state index contributed by atoms with van der Waals surface area (Å²) in [6.07, 6.45) is 2.30. The number of hydrogen-bond acceptors (Lipinski definition) is 2. The van der Waals surface area contributed by atoms with Crippen molar-refractivity contribution in [3.05, 3.63) is 23.8 Å². The molecule has 1 heterocycles. The molecule has 98 valence electrons. The number of nitrogens with one attached hydrogen (secondary N) is 1. The second-order valence-electron chi connectivity index (χ2n) is 5.14. The molecular weight excluding hydrogens is 226 g/mol. The maximum absolute atomic E-state index is 12.2. The highest BCUT2D eigenvalue weighted by molar-refractivity contribution is 5.91. The molecule has 0 aliphatic carbocycles. The second-order valence-corrected chi connectivity index (χ2v) is 5.14. The Bertz CT molecular complexity index is 445. The van der Waals surface area contributed by atoms with Crippen LogP contribution in [0, 0.1) is 12.8 Å². The predicted molar refractivity (Wildman–Crippen MR) is 74.6 cm³/mol. The molecule has 4 nitrogen and oxygen atoms in total. The first-order valence-electron chi connectivity index (χ1n) is 6.49. The molecular formula is C14H21N3O. The third-order valence-electron chi connectivity index (χ3n) is 3.56. The number of hydrogen-bond donors (Lipinski definition) is 2. The van der Waals surface area contributed by atoms with Crippen molar-refractivity contribution in [1.29, 1.82) is 0 Å². The van der Waals surface area contributed by atoms with Gasteiger partial charge in [0, 0.05) is 24.5 Å². The number of nitrogen functional groups attached to an aromatic ring is 1. The Morgan fingerprint density at radius 3 is 3.00 bits per heavy atom. The summed E-state index contributed by atoms with van der Waals surface area (Å²) in [5.74, 6) is 0.589. The quantitative estimate of drug-likeness (QED) is 0.750. The van der Waals surface area contributed by atoms with E-state index >= 15 is 0 Å². The van der Waals surface area contributed by atoms with E-state index in [1.165, 1.54) is 6.42 Å². The molecule has 0 spiro atoms. The van der Waals surface area contributed by atoms with Gasteiger partial charge in [-0.05, 0) is 43.4 Å². The summed E-state index contributed by atoms with van der Waals surface area (Å²) in [7, 11) is 0. The number of urea groups is 1. The van der Waals surface area contributed by atoms with Crippen molar-refractivity contribution in [2.45, 2.75) is 26.7 Å². The highest BCUT2D eigenvalue weighted by Crippen LogP contribution is 2.22. The molecule has 1 fully saturated rings. The number of carbonyl (C=O) groups excluding carboxylic acids is 1. The third-order valence-corrected chi connectivity index (χ3v) is 3.56. The van der Waals surface area contributed by atoms with Crippen LogP contribution >= 0.6 is 0 Å². The van der Waals surface area contributed by atoms with Crippen molar-refractivity contribution < 1.29 is 4.79 Å². The van der Waals surface area contributed by atoms with Gasteiger partial charge in [0.15, 0.2) is 0 Å². The van der Waals surface area contributed by atoms with Gasteiger partial charge < -0.3 is 16.0 Å². The fourth-order valence-corrected chi connectivity index (χ4v) is 2.36. The molecule has 1 atom stereocenters. The molecule has 18 heavy (non-hydrogen) atoms. The average molecular weight is 247 g/mol. The number of benzene rings is 1. The number of anilines is 2. The van der Waals surface area contributed by atoms with Crippen molar-refractivity contribution >= 4 is 17.4 Å². The van der Waals surface area contributed by atoms with Crippen LogP contribution in [-0.4, -0.2) is 24.0 Å². The summed E-state index contributed by atoms with van der Waals surface area (Å²) in [5, 5.41) is 2.95. The van der Waals surface area contributed by atoms with Gasteiger partial charge in [-0.15, -0.1) is 0 Å². The monoisotopic (exact) mass is 247 g/mol. The molecule has 1 aliphatic rings. The van der Waals surface area contributed by atoms with Gasteiger partial charge in [-0.1, -0.05) is 13.0 Å². The molecule has 1 aromatic rings. The number of piperidine rings is 1. The normalized spacial score (nSPS) is 19.7. The molecule has 1 aromatic carbocycles. The van der Waals surface area contributed by atoms with E-state index in [4.69, 9.17) is 5.73 Å². The lowest BCUT2D eigenvalue weighted by molar-refractivity contribution is 0.182. The molecule has 1 unspecified atom stereocenters. The topological polar surface area (TPSA) is 58.4 Å². The average Bonchev–Trinajstić information content (AvgIpc) is 2.35. The Labute approximate surface area is 108 Å². The van der Waals surface area contributed by atoms with E-state index in [-0.39, 0.29) is 6.03 Å². The van der Waals surface area contributed by atoms with E-state index in [0.29, 0.717) is 11.6 Å². The van der Waals surface area contributed by atoms with Gasteiger partial charge >= 0.3 is 6.03 Å². The highest BCUT2D eigenvalue weighted by Gasteiger charge is 2.21. The molecule has 1 saturated heterocycles. The van der Waals surface area contributed by atoms with Gasteiger partial charge in [0.05, 0.1) is 0 Å². The van der Waals surface area contributed by atoms with Crippen LogP contribution in [0.4, 0.5) is 16.2 Å². The Kier molecular flexibility index (Phi) is 3.75. The minimum Gasteiger partial charge on any atom is -0.398 e. The minimum absolute atomic E-state index is 0.0183. The molecule has 0 bridgehead atoms. The maximum atomic E-state index is 12.2. The van der Waals surface area contributed by atoms with Crippen LogP contribution in [0.5, 0.6) is 0 Å². The van der Waals surface area contributed by atoms with Crippen LogP contribution < -0.4 is 11.1 Å². The van der Waals surface area contributed by atoms with Gasteiger partial charge in [-0.2, -0.15) is 0 Å². The first-order chi connectivity index (χ1) is 8.58. The van der Waals surface area contributed by atoms with E-state index in [1.807, 2.05) is 30.0 Å². The van der Waals surface area contributed by atoms with Crippen LogP contribution in [-0.2, 0) is 0 Å². The second kappa shape index (κ2) is 5.29.